The van der Waals surface area contributed by atoms with Crippen LogP contribution in [0.15, 0.2) is 24.3 Å². The van der Waals surface area contributed by atoms with Gasteiger partial charge in [-0.3, -0.25) is 4.79 Å². The predicted octanol–water partition coefficient (Wildman–Crippen LogP) is 2.11. The number of rotatable bonds is 4. The number of nitrogens with zero attached hydrogens (tertiary/aromatic N) is 1. The number of benzene rings is 1. The van der Waals surface area contributed by atoms with E-state index in [-0.39, 0.29) is 0 Å². The van der Waals surface area contributed by atoms with E-state index in [4.69, 9.17) is 4.74 Å². The van der Waals surface area contributed by atoms with Gasteiger partial charge in [-0.15, -0.1) is 0 Å². The number of ether oxygens (including phenoxy) is 1. The van der Waals surface area contributed by atoms with Gasteiger partial charge in [0.2, 0.25) is 6.41 Å². The highest BCUT2D eigenvalue weighted by Crippen LogP contribution is 2.52. The van der Waals surface area contributed by atoms with Gasteiger partial charge in [-0.05, 0) is 42.9 Å². The van der Waals surface area contributed by atoms with Crippen molar-refractivity contribution in [2.75, 3.05) is 20.2 Å². The highest BCUT2D eigenvalue weighted by Gasteiger charge is 2.51. The molecule has 3 rings (SSSR count). The van der Waals surface area contributed by atoms with Crippen molar-refractivity contribution in [1.29, 1.82) is 0 Å². The van der Waals surface area contributed by atoms with Gasteiger partial charge >= 0.3 is 0 Å². The van der Waals surface area contributed by atoms with Gasteiger partial charge < -0.3 is 9.64 Å². The van der Waals surface area contributed by atoms with Crippen LogP contribution in [0.4, 0.5) is 0 Å². The van der Waals surface area contributed by atoms with Crippen LogP contribution < -0.4 is 4.74 Å². The van der Waals surface area contributed by atoms with E-state index in [1.54, 1.807) is 7.11 Å². The van der Waals surface area contributed by atoms with Crippen LogP contribution in [0.1, 0.15) is 18.4 Å². The fraction of sp³-hybridized carbons (Fsp3) is 0.533. The van der Waals surface area contributed by atoms with Gasteiger partial charge in [0.1, 0.15) is 5.75 Å². The number of carbonyl (C=O) groups excluding carboxylic acids is 1. The Morgan fingerprint density at radius 1 is 1.33 bits per heavy atom. The van der Waals surface area contributed by atoms with Crippen molar-refractivity contribution in [2.45, 2.75) is 19.3 Å². The maximum atomic E-state index is 10.6. The van der Waals surface area contributed by atoms with Gasteiger partial charge in [0.25, 0.3) is 0 Å². The molecule has 0 aromatic heterocycles. The van der Waals surface area contributed by atoms with Gasteiger partial charge in [-0.1, -0.05) is 12.1 Å². The molecule has 0 atom stereocenters. The minimum Gasteiger partial charge on any atom is -0.497 e. The molecular formula is C15H19NO2. The molecule has 1 saturated carbocycles. The van der Waals surface area contributed by atoms with Crippen LogP contribution in [0.3, 0.4) is 0 Å². The van der Waals surface area contributed by atoms with E-state index in [1.165, 1.54) is 18.4 Å². The Labute approximate surface area is 108 Å². The first kappa shape index (κ1) is 11.6. The zero-order valence-electron chi connectivity index (χ0n) is 10.8. The normalized spacial score (nSPS) is 21.3. The summed E-state index contributed by atoms with van der Waals surface area (Å²) in [5.74, 6) is 1.72. The molecule has 1 saturated heterocycles. The van der Waals surface area contributed by atoms with Crippen LogP contribution in [0, 0.1) is 11.3 Å². The topological polar surface area (TPSA) is 29.5 Å². The highest BCUT2D eigenvalue weighted by molar-refractivity contribution is 5.49. The summed E-state index contributed by atoms with van der Waals surface area (Å²) in [6.07, 6.45) is 4.70. The van der Waals surface area contributed by atoms with Crippen LogP contribution in [-0.2, 0) is 11.2 Å². The summed E-state index contributed by atoms with van der Waals surface area (Å²) in [4.78, 5) is 12.4. The first-order valence-electron chi connectivity index (χ1n) is 6.55. The van der Waals surface area contributed by atoms with E-state index in [2.05, 4.69) is 12.1 Å². The third-order valence-electron chi connectivity index (χ3n) is 4.35. The zero-order valence-corrected chi connectivity index (χ0v) is 10.8. The Morgan fingerprint density at radius 3 is 2.56 bits per heavy atom. The molecule has 1 aliphatic heterocycles. The zero-order chi connectivity index (χ0) is 12.6. The monoisotopic (exact) mass is 245 g/mol. The van der Waals surface area contributed by atoms with Crippen molar-refractivity contribution in [3.05, 3.63) is 29.8 Å². The standard InChI is InChI=1S/C15H19NO2/c1-18-14-4-2-12(3-5-14)6-13-7-15(8-13)9-16(10-15)11-17/h2-5,11,13H,6-10H2,1H3. The number of carbonyl (C=O) groups is 1. The molecule has 2 aliphatic rings. The molecule has 1 aromatic rings. The Hall–Kier alpha value is -1.51. The van der Waals surface area contributed by atoms with Gasteiger partial charge in [0.15, 0.2) is 0 Å². The van der Waals surface area contributed by atoms with Crippen molar-refractivity contribution in [3.63, 3.8) is 0 Å². The summed E-state index contributed by atoms with van der Waals surface area (Å²) in [5.41, 5.74) is 1.88. The average molecular weight is 245 g/mol. The Kier molecular flexibility index (Phi) is 2.77. The van der Waals surface area contributed by atoms with E-state index < -0.39 is 0 Å². The SMILES string of the molecule is COc1ccc(CC2CC3(C2)CN(C=O)C3)cc1. The first-order valence-corrected chi connectivity index (χ1v) is 6.55. The van der Waals surface area contributed by atoms with Crippen LogP contribution in [0.2, 0.25) is 0 Å². The molecular weight excluding hydrogens is 226 g/mol. The molecule has 3 nitrogen and oxygen atoms in total. The Balaban J connectivity index is 1.49. The maximum Gasteiger partial charge on any atom is 0.209 e. The molecule has 0 bridgehead atoms. The van der Waals surface area contributed by atoms with Crippen LogP contribution >= 0.6 is 0 Å². The second kappa shape index (κ2) is 4.30. The molecule has 1 amide bonds. The quantitative estimate of drug-likeness (QED) is 0.760. The van der Waals surface area contributed by atoms with Gasteiger partial charge in [0.05, 0.1) is 7.11 Å². The summed E-state index contributed by atoms with van der Waals surface area (Å²) in [7, 11) is 1.69. The lowest BCUT2D eigenvalue weighted by atomic mass is 9.56. The minimum atomic E-state index is 0.484. The number of hydrogen-bond donors (Lipinski definition) is 0. The smallest absolute Gasteiger partial charge is 0.209 e. The predicted molar refractivity (Wildman–Crippen MR) is 69.5 cm³/mol. The lowest BCUT2D eigenvalue weighted by molar-refractivity contribution is -0.141. The van der Waals surface area contributed by atoms with Crippen LogP contribution in [-0.4, -0.2) is 31.5 Å². The maximum absolute atomic E-state index is 10.6. The van der Waals surface area contributed by atoms with Crippen molar-refractivity contribution in [3.8, 4) is 5.75 Å². The Morgan fingerprint density at radius 2 is 2.00 bits per heavy atom. The van der Waals surface area contributed by atoms with Gasteiger partial charge in [0, 0.05) is 18.5 Å². The lowest BCUT2D eigenvalue weighted by Gasteiger charge is -2.58. The summed E-state index contributed by atoms with van der Waals surface area (Å²) in [6.45, 7) is 1.96. The molecule has 1 spiro atoms. The van der Waals surface area contributed by atoms with E-state index in [0.29, 0.717) is 5.41 Å². The second-order valence-electron chi connectivity index (χ2n) is 5.84. The molecule has 2 fully saturated rings. The molecule has 0 N–H and O–H groups in total. The number of methoxy groups -OCH3 is 1. The number of amides is 1. The van der Waals surface area contributed by atoms with Crippen LogP contribution in [0.25, 0.3) is 0 Å². The van der Waals surface area contributed by atoms with Crippen molar-refractivity contribution in [2.24, 2.45) is 11.3 Å². The lowest BCUT2D eigenvalue weighted by Crippen LogP contribution is -2.61. The first-order chi connectivity index (χ1) is 8.73. The molecule has 1 heterocycles. The number of likely N-dealkylation sites (tertiary alicyclic amines) is 1. The van der Waals surface area contributed by atoms with E-state index in [0.717, 1.165) is 37.6 Å². The van der Waals surface area contributed by atoms with Crippen molar-refractivity contribution >= 4 is 6.41 Å². The van der Waals surface area contributed by atoms with Crippen molar-refractivity contribution in [1.82, 2.24) is 4.90 Å². The van der Waals surface area contributed by atoms with Crippen molar-refractivity contribution < 1.29 is 9.53 Å². The summed E-state index contributed by atoms with van der Waals surface area (Å²) < 4.78 is 5.16. The molecule has 18 heavy (non-hydrogen) atoms. The summed E-state index contributed by atoms with van der Waals surface area (Å²) in [6, 6.07) is 8.37. The van der Waals surface area contributed by atoms with Gasteiger partial charge in [-0.25, -0.2) is 0 Å². The third kappa shape index (κ3) is 1.98. The number of hydrogen-bond acceptors (Lipinski definition) is 2. The van der Waals surface area contributed by atoms with Crippen LogP contribution in [0.5, 0.6) is 5.75 Å². The minimum absolute atomic E-state index is 0.484. The average Bonchev–Trinajstić information content (AvgIpc) is 2.31. The summed E-state index contributed by atoms with van der Waals surface area (Å²) >= 11 is 0. The van der Waals surface area contributed by atoms with Gasteiger partial charge in [-0.2, -0.15) is 0 Å². The van der Waals surface area contributed by atoms with E-state index in [9.17, 15) is 4.79 Å². The molecule has 96 valence electrons. The van der Waals surface area contributed by atoms with E-state index >= 15 is 0 Å². The third-order valence-corrected chi connectivity index (χ3v) is 4.35. The second-order valence-corrected chi connectivity index (χ2v) is 5.84. The molecule has 1 aromatic carbocycles. The molecule has 0 unspecified atom stereocenters. The molecule has 0 radical (unpaired) electrons. The largest absolute Gasteiger partial charge is 0.497 e. The van der Waals surface area contributed by atoms with E-state index in [1.807, 2.05) is 17.0 Å². The fourth-order valence-corrected chi connectivity index (χ4v) is 3.55. The molecule has 3 heteroatoms. The fourth-order valence-electron chi connectivity index (χ4n) is 3.55. The summed E-state index contributed by atoms with van der Waals surface area (Å²) in [5, 5.41) is 0. The Bertz CT molecular complexity index is 426. The highest BCUT2D eigenvalue weighted by atomic mass is 16.5. The molecule has 1 aliphatic carbocycles.